The second-order valence-corrected chi connectivity index (χ2v) is 12.1. The van der Waals surface area contributed by atoms with Gasteiger partial charge in [0.05, 0.1) is 18.1 Å². The van der Waals surface area contributed by atoms with Crippen LogP contribution in [0.5, 0.6) is 0 Å². The van der Waals surface area contributed by atoms with E-state index in [1.807, 2.05) is 68.4 Å². The molecule has 3 atom stereocenters. The number of hydrogen-bond donors (Lipinski definition) is 3. The standard InChI is InChI=1S/C35H41N3O5S/c1-6-22(2)30(37-34(41)43-21-28-26-18-12-10-16-24(26)25-17-11-13-19-27(25)28)31(44)38-35(3,4)33(40)36-29(32(39)42-5)20-23-14-8-7-9-15-23/h7-19,22,28-30H,6,20-21H2,1-5H3,(H,36,40)(H,37,41)(H,38,44)/t22?,29-,30-/m0/s1. The molecule has 0 saturated heterocycles. The Balaban J connectivity index is 1.40. The minimum atomic E-state index is -1.20. The largest absolute Gasteiger partial charge is 0.467 e. The number of nitrogens with one attached hydrogen (secondary N) is 3. The summed E-state index contributed by atoms with van der Waals surface area (Å²) in [6, 6.07) is 24.2. The Morgan fingerprint density at radius 2 is 1.45 bits per heavy atom. The molecule has 1 aliphatic rings. The van der Waals surface area contributed by atoms with Crippen LogP contribution in [0.25, 0.3) is 11.1 Å². The van der Waals surface area contributed by atoms with Crippen LogP contribution >= 0.6 is 12.2 Å². The highest BCUT2D eigenvalue weighted by molar-refractivity contribution is 7.80. The summed E-state index contributed by atoms with van der Waals surface area (Å²) in [7, 11) is 1.29. The molecule has 9 heteroatoms. The minimum Gasteiger partial charge on any atom is -0.467 e. The van der Waals surface area contributed by atoms with Crippen molar-refractivity contribution < 1.29 is 23.9 Å². The number of methoxy groups -OCH3 is 1. The van der Waals surface area contributed by atoms with E-state index in [4.69, 9.17) is 21.7 Å². The summed E-state index contributed by atoms with van der Waals surface area (Å²) in [5.74, 6) is -1.10. The molecule has 1 aliphatic carbocycles. The van der Waals surface area contributed by atoms with Gasteiger partial charge in [0.25, 0.3) is 0 Å². The number of ether oxygens (including phenoxy) is 2. The fourth-order valence-electron chi connectivity index (χ4n) is 5.44. The number of fused-ring (bicyclic) bond motifs is 3. The summed E-state index contributed by atoms with van der Waals surface area (Å²) >= 11 is 5.74. The van der Waals surface area contributed by atoms with Gasteiger partial charge >= 0.3 is 12.1 Å². The Hall–Kier alpha value is -4.24. The highest BCUT2D eigenvalue weighted by atomic mass is 32.1. The van der Waals surface area contributed by atoms with Crippen LogP contribution < -0.4 is 16.0 Å². The summed E-state index contributed by atoms with van der Waals surface area (Å²) in [6.07, 6.45) is 0.417. The van der Waals surface area contributed by atoms with E-state index in [-0.39, 0.29) is 24.9 Å². The number of alkyl carbamates (subject to hydrolysis) is 1. The van der Waals surface area contributed by atoms with E-state index in [2.05, 4.69) is 40.2 Å². The van der Waals surface area contributed by atoms with E-state index >= 15 is 0 Å². The molecule has 0 heterocycles. The maximum atomic E-state index is 13.4. The van der Waals surface area contributed by atoms with E-state index in [0.29, 0.717) is 4.99 Å². The third-order valence-corrected chi connectivity index (χ3v) is 8.55. The van der Waals surface area contributed by atoms with Crippen LogP contribution in [0.4, 0.5) is 4.79 Å². The summed E-state index contributed by atoms with van der Waals surface area (Å²) in [6.45, 7) is 7.50. The van der Waals surface area contributed by atoms with Crippen LogP contribution in [0.2, 0.25) is 0 Å². The topological polar surface area (TPSA) is 106 Å². The number of amides is 2. The molecule has 1 unspecified atom stereocenters. The summed E-state index contributed by atoms with van der Waals surface area (Å²) in [4.78, 5) is 39.3. The molecular weight excluding hydrogens is 574 g/mol. The zero-order chi connectivity index (χ0) is 31.9. The lowest BCUT2D eigenvalue weighted by Crippen LogP contribution is -2.61. The van der Waals surface area contributed by atoms with Gasteiger partial charge in [0.2, 0.25) is 5.91 Å². The molecule has 2 amide bonds. The Kier molecular flexibility index (Phi) is 10.8. The average molecular weight is 616 g/mol. The van der Waals surface area contributed by atoms with Crippen LogP contribution in [0, 0.1) is 5.92 Å². The quantitative estimate of drug-likeness (QED) is 0.182. The number of rotatable bonds is 12. The number of carbonyl (C=O) groups excluding carboxylic acids is 3. The second-order valence-electron chi connectivity index (χ2n) is 11.7. The summed E-state index contributed by atoms with van der Waals surface area (Å²) in [5, 5.41) is 8.86. The van der Waals surface area contributed by atoms with Gasteiger partial charge in [0, 0.05) is 12.3 Å². The smallest absolute Gasteiger partial charge is 0.407 e. The highest BCUT2D eigenvalue weighted by Gasteiger charge is 2.36. The van der Waals surface area contributed by atoms with Crippen molar-refractivity contribution in [2.24, 2.45) is 5.92 Å². The van der Waals surface area contributed by atoms with Crippen molar-refractivity contribution in [3.05, 3.63) is 95.6 Å². The second kappa shape index (κ2) is 14.5. The van der Waals surface area contributed by atoms with Gasteiger partial charge in [-0.15, -0.1) is 0 Å². The summed E-state index contributed by atoms with van der Waals surface area (Å²) in [5.41, 5.74) is 4.24. The maximum Gasteiger partial charge on any atom is 0.407 e. The van der Waals surface area contributed by atoms with E-state index in [1.54, 1.807) is 13.8 Å². The normalized spacial score (nSPS) is 14.3. The molecular formula is C35H41N3O5S. The number of thiocarbonyl (C=S) groups is 1. The zero-order valence-electron chi connectivity index (χ0n) is 25.9. The molecule has 3 aromatic rings. The Bertz CT molecular complexity index is 1450. The lowest BCUT2D eigenvalue weighted by Gasteiger charge is -2.33. The predicted octanol–water partition coefficient (Wildman–Crippen LogP) is 5.54. The van der Waals surface area contributed by atoms with Gasteiger partial charge in [-0.05, 0) is 47.6 Å². The van der Waals surface area contributed by atoms with Crippen molar-refractivity contribution in [3.8, 4) is 11.1 Å². The molecule has 0 radical (unpaired) electrons. The molecule has 0 aliphatic heterocycles. The van der Waals surface area contributed by atoms with E-state index in [0.717, 1.165) is 34.2 Å². The molecule has 4 rings (SSSR count). The molecule has 0 saturated carbocycles. The van der Waals surface area contributed by atoms with Crippen LogP contribution in [0.1, 0.15) is 56.7 Å². The molecule has 0 bridgehead atoms. The number of benzene rings is 3. The Morgan fingerprint density at radius 3 is 2.02 bits per heavy atom. The molecule has 8 nitrogen and oxygen atoms in total. The van der Waals surface area contributed by atoms with Gasteiger partial charge < -0.3 is 25.4 Å². The predicted molar refractivity (Wildman–Crippen MR) is 175 cm³/mol. The van der Waals surface area contributed by atoms with Gasteiger partial charge in [0.15, 0.2) is 0 Å². The molecule has 3 N–H and O–H groups in total. The van der Waals surface area contributed by atoms with Gasteiger partial charge in [0.1, 0.15) is 18.2 Å². The van der Waals surface area contributed by atoms with Gasteiger partial charge in [-0.1, -0.05) is 111 Å². The van der Waals surface area contributed by atoms with Gasteiger partial charge in [-0.2, -0.15) is 0 Å². The monoisotopic (exact) mass is 615 g/mol. The van der Waals surface area contributed by atoms with Crippen molar-refractivity contribution in [2.75, 3.05) is 13.7 Å². The fraction of sp³-hybridized carbons (Fsp3) is 0.371. The van der Waals surface area contributed by atoms with Crippen LogP contribution in [-0.4, -0.2) is 54.3 Å². The minimum absolute atomic E-state index is 0.0461. The number of carbonyl (C=O) groups is 3. The van der Waals surface area contributed by atoms with Crippen molar-refractivity contribution >= 4 is 35.2 Å². The fourth-order valence-corrected chi connectivity index (χ4v) is 5.98. The molecule has 44 heavy (non-hydrogen) atoms. The molecule has 232 valence electrons. The Morgan fingerprint density at radius 1 is 0.886 bits per heavy atom. The van der Waals surface area contributed by atoms with Crippen molar-refractivity contribution in [1.29, 1.82) is 0 Å². The van der Waals surface area contributed by atoms with E-state index in [1.165, 1.54) is 7.11 Å². The number of esters is 1. The first-order valence-corrected chi connectivity index (χ1v) is 15.3. The maximum absolute atomic E-state index is 13.4. The van der Waals surface area contributed by atoms with E-state index < -0.39 is 35.6 Å². The molecule has 0 aromatic heterocycles. The Labute approximate surface area is 264 Å². The van der Waals surface area contributed by atoms with Crippen LogP contribution in [0.3, 0.4) is 0 Å². The van der Waals surface area contributed by atoms with Crippen molar-refractivity contribution in [3.63, 3.8) is 0 Å². The van der Waals surface area contributed by atoms with Crippen molar-refractivity contribution in [2.45, 2.75) is 64.1 Å². The third-order valence-electron chi connectivity index (χ3n) is 8.19. The first-order valence-electron chi connectivity index (χ1n) is 14.9. The molecule has 3 aromatic carbocycles. The average Bonchev–Trinajstić information content (AvgIpc) is 3.35. The molecule has 0 fully saturated rings. The van der Waals surface area contributed by atoms with Crippen LogP contribution in [-0.2, 0) is 25.5 Å². The van der Waals surface area contributed by atoms with E-state index in [9.17, 15) is 14.4 Å². The zero-order valence-corrected chi connectivity index (χ0v) is 26.7. The van der Waals surface area contributed by atoms with Crippen LogP contribution in [0.15, 0.2) is 78.9 Å². The lowest BCUT2D eigenvalue weighted by molar-refractivity contribution is -0.145. The first kappa shape index (κ1) is 32.7. The summed E-state index contributed by atoms with van der Waals surface area (Å²) < 4.78 is 10.7. The van der Waals surface area contributed by atoms with Gasteiger partial charge in [-0.25, -0.2) is 9.59 Å². The van der Waals surface area contributed by atoms with Gasteiger partial charge in [-0.3, -0.25) is 4.79 Å². The lowest BCUT2D eigenvalue weighted by atomic mass is 9.96. The number of hydrogen-bond acceptors (Lipinski definition) is 6. The first-order chi connectivity index (χ1) is 21.1. The SMILES string of the molecule is CCC(C)[C@H](NC(=O)OCC1c2ccccc2-c2ccccc21)C(=S)NC(C)(C)C(=O)N[C@@H](Cc1ccccc1)C(=O)OC. The highest BCUT2D eigenvalue weighted by Crippen LogP contribution is 2.44. The molecule has 0 spiro atoms. The third kappa shape index (κ3) is 7.63. The van der Waals surface area contributed by atoms with Crippen molar-refractivity contribution in [1.82, 2.24) is 16.0 Å².